The summed E-state index contributed by atoms with van der Waals surface area (Å²) in [6.45, 7) is 2.23. The Morgan fingerprint density at radius 1 is 1.56 bits per heavy atom. The molecular weight excluding hydrogens is 240 g/mol. The number of nitrogens with two attached hydrogens (primary N) is 1. The van der Waals surface area contributed by atoms with Crippen LogP contribution >= 0.6 is 0 Å². The standard InChI is InChI=1S/C9H16N6O3/c1-2-6(16)3-4-11-8-7(15(17)18)9(14-10)13-5-12-8/h5-6,16H,2-4,10H2,1H3,(H2,11,12,13,14). The molecule has 0 amide bonds. The molecular formula is C9H16N6O3. The highest BCUT2D eigenvalue weighted by atomic mass is 16.6. The van der Waals surface area contributed by atoms with Gasteiger partial charge in [0, 0.05) is 6.54 Å². The van der Waals surface area contributed by atoms with Gasteiger partial charge in [-0.3, -0.25) is 10.1 Å². The van der Waals surface area contributed by atoms with Crippen molar-refractivity contribution >= 4 is 17.3 Å². The largest absolute Gasteiger partial charge is 0.393 e. The van der Waals surface area contributed by atoms with E-state index < -0.39 is 11.0 Å². The van der Waals surface area contributed by atoms with Crippen LogP contribution in [0.4, 0.5) is 17.3 Å². The molecule has 0 saturated carbocycles. The first-order chi connectivity index (χ1) is 8.60. The predicted octanol–water partition coefficient (Wildman–Crippen LogP) is 0.243. The van der Waals surface area contributed by atoms with Gasteiger partial charge in [0.1, 0.15) is 6.33 Å². The molecule has 0 saturated heterocycles. The highest BCUT2D eigenvalue weighted by Crippen LogP contribution is 2.27. The van der Waals surface area contributed by atoms with Gasteiger partial charge in [-0.1, -0.05) is 6.92 Å². The molecule has 1 aromatic rings. The van der Waals surface area contributed by atoms with Gasteiger partial charge in [0.15, 0.2) is 0 Å². The lowest BCUT2D eigenvalue weighted by molar-refractivity contribution is -0.383. The van der Waals surface area contributed by atoms with E-state index in [4.69, 9.17) is 5.84 Å². The number of nitrogens with one attached hydrogen (secondary N) is 2. The second kappa shape index (κ2) is 6.67. The molecule has 9 nitrogen and oxygen atoms in total. The highest BCUT2D eigenvalue weighted by molar-refractivity contribution is 5.68. The molecule has 0 bridgehead atoms. The number of aliphatic hydroxyl groups is 1. The Hall–Kier alpha value is -2.00. The molecule has 18 heavy (non-hydrogen) atoms. The third-order valence-corrected chi connectivity index (χ3v) is 2.38. The second-order valence-corrected chi connectivity index (χ2v) is 3.60. The number of hydrogen-bond acceptors (Lipinski definition) is 8. The number of aliphatic hydroxyl groups excluding tert-OH is 1. The molecule has 0 aliphatic carbocycles. The Kier molecular flexibility index (Phi) is 5.21. The first kappa shape index (κ1) is 14.1. The van der Waals surface area contributed by atoms with Crippen LogP contribution in [0, 0.1) is 10.1 Å². The third kappa shape index (κ3) is 3.50. The van der Waals surface area contributed by atoms with Crippen LogP contribution in [-0.2, 0) is 0 Å². The summed E-state index contributed by atoms with van der Waals surface area (Å²) in [7, 11) is 0. The van der Waals surface area contributed by atoms with E-state index in [1.54, 1.807) is 0 Å². The molecule has 0 aliphatic heterocycles. The average molecular weight is 256 g/mol. The molecule has 0 aromatic carbocycles. The van der Waals surface area contributed by atoms with Gasteiger partial charge >= 0.3 is 5.69 Å². The van der Waals surface area contributed by atoms with Gasteiger partial charge in [0.25, 0.3) is 0 Å². The van der Waals surface area contributed by atoms with Crippen molar-refractivity contribution in [2.45, 2.75) is 25.9 Å². The zero-order valence-electron chi connectivity index (χ0n) is 9.96. The van der Waals surface area contributed by atoms with Gasteiger partial charge in [-0.2, -0.15) is 0 Å². The molecule has 1 aromatic heterocycles. The molecule has 100 valence electrons. The van der Waals surface area contributed by atoms with E-state index in [1.165, 1.54) is 6.33 Å². The van der Waals surface area contributed by atoms with Crippen molar-refractivity contribution in [2.75, 3.05) is 17.3 Å². The van der Waals surface area contributed by atoms with Crippen LogP contribution in [0.15, 0.2) is 6.33 Å². The summed E-state index contributed by atoms with van der Waals surface area (Å²) in [6, 6.07) is 0. The lowest BCUT2D eigenvalue weighted by atomic mass is 10.2. The maximum absolute atomic E-state index is 10.9. The Labute approximate surface area is 104 Å². The molecule has 1 unspecified atom stereocenters. The molecule has 0 spiro atoms. The summed E-state index contributed by atoms with van der Waals surface area (Å²) in [5, 5.41) is 23.1. The molecule has 1 rings (SSSR count). The van der Waals surface area contributed by atoms with E-state index in [-0.39, 0.29) is 17.3 Å². The summed E-state index contributed by atoms with van der Waals surface area (Å²) >= 11 is 0. The SMILES string of the molecule is CCC(O)CCNc1ncnc(NN)c1[N+](=O)[O-]. The van der Waals surface area contributed by atoms with Gasteiger partial charge in [-0.05, 0) is 12.8 Å². The summed E-state index contributed by atoms with van der Waals surface area (Å²) in [5.74, 6) is 5.16. The maximum atomic E-state index is 10.9. The van der Waals surface area contributed by atoms with Gasteiger partial charge in [0.05, 0.1) is 11.0 Å². The zero-order chi connectivity index (χ0) is 13.5. The van der Waals surface area contributed by atoms with Crippen LogP contribution in [0.3, 0.4) is 0 Å². The van der Waals surface area contributed by atoms with Crippen molar-refractivity contribution in [1.29, 1.82) is 0 Å². The number of nitrogen functional groups attached to an aromatic ring is 1. The van der Waals surface area contributed by atoms with Crippen LogP contribution in [0.5, 0.6) is 0 Å². The fourth-order valence-corrected chi connectivity index (χ4v) is 1.35. The quantitative estimate of drug-likeness (QED) is 0.309. The van der Waals surface area contributed by atoms with Gasteiger partial charge in [-0.15, -0.1) is 0 Å². The van der Waals surface area contributed by atoms with Crippen molar-refractivity contribution < 1.29 is 10.0 Å². The first-order valence-electron chi connectivity index (χ1n) is 5.48. The number of hydrazine groups is 1. The fourth-order valence-electron chi connectivity index (χ4n) is 1.35. The number of anilines is 2. The summed E-state index contributed by atoms with van der Waals surface area (Å²) < 4.78 is 0. The van der Waals surface area contributed by atoms with E-state index in [2.05, 4.69) is 20.7 Å². The smallest absolute Gasteiger partial charge is 0.354 e. The Morgan fingerprint density at radius 2 is 2.22 bits per heavy atom. The van der Waals surface area contributed by atoms with E-state index in [9.17, 15) is 15.2 Å². The molecule has 1 heterocycles. The normalized spacial score (nSPS) is 11.9. The molecule has 1 atom stereocenters. The molecule has 0 aliphatic rings. The summed E-state index contributed by atoms with van der Waals surface area (Å²) in [6.07, 6.45) is 1.83. The van der Waals surface area contributed by atoms with Crippen molar-refractivity contribution in [3.63, 3.8) is 0 Å². The van der Waals surface area contributed by atoms with E-state index in [0.717, 1.165) is 0 Å². The maximum Gasteiger partial charge on any atom is 0.354 e. The minimum Gasteiger partial charge on any atom is -0.393 e. The number of aromatic nitrogens is 2. The molecule has 9 heteroatoms. The van der Waals surface area contributed by atoms with Crippen molar-refractivity contribution in [3.8, 4) is 0 Å². The monoisotopic (exact) mass is 256 g/mol. The van der Waals surface area contributed by atoms with Gasteiger partial charge < -0.3 is 15.8 Å². The Balaban J connectivity index is 2.78. The van der Waals surface area contributed by atoms with Crippen molar-refractivity contribution in [3.05, 3.63) is 16.4 Å². The van der Waals surface area contributed by atoms with E-state index in [1.807, 2.05) is 6.92 Å². The molecule has 0 radical (unpaired) electrons. The summed E-state index contributed by atoms with van der Waals surface area (Å²) in [4.78, 5) is 17.7. The lowest BCUT2D eigenvalue weighted by Gasteiger charge is -2.10. The third-order valence-electron chi connectivity index (χ3n) is 2.38. The first-order valence-corrected chi connectivity index (χ1v) is 5.48. The number of nitrogens with zero attached hydrogens (tertiary/aromatic N) is 3. The fraction of sp³-hybridized carbons (Fsp3) is 0.556. The summed E-state index contributed by atoms with van der Waals surface area (Å²) in [5.41, 5.74) is 1.83. The van der Waals surface area contributed by atoms with Crippen LogP contribution < -0.4 is 16.6 Å². The predicted molar refractivity (Wildman–Crippen MR) is 65.9 cm³/mol. The molecule has 5 N–H and O–H groups in total. The number of rotatable bonds is 7. The Morgan fingerprint density at radius 3 is 2.78 bits per heavy atom. The van der Waals surface area contributed by atoms with Crippen LogP contribution in [-0.4, -0.2) is 32.6 Å². The zero-order valence-corrected chi connectivity index (χ0v) is 9.96. The topological polar surface area (TPSA) is 139 Å². The Bertz CT molecular complexity index is 413. The van der Waals surface area contributed by atoms with Crippen LogP contribution in [0.2, 0.25) is 0 Å². The number of nitro groups is 1. The average Bonchev–Trinajstić information content (AvgIpc) is 2.37. The van der Waals surface area contributed by atoms with Crippen molar-refractivity contribution in [1.82, 2.24) is 9.97 Å². The van der Waals surface area contributed by atoms with Gasteiger partial charge in [0.2, 0.25) is 11.6 Å². The van der Waals surface area contributed by atoms with E-state index >= 15 is 0 Å². The van der Waals surface area contributed by atoms with E-state index in [0.29, 0.717) is 19.4 Å². The van der Waals surface area contributed by atoms with Crippen molar-refractivity contribution in [2.24, 2.45) is 5.84 Å². The van der Waals surface area contributed by atoms with Crippen LogP contribution in [0.25, 0.3) is 0 Å². The minimum atomic E-state index is -0.617. The number of hydrogen-bond donors (Lipinski definition) is 4. The minimum absolute atomic E-state index is 0.0615. The van der Waals surface area contributed by atoms with Crippen LogP contribution in [0.1, 0.15) is 19.8 Å². The highest BCUT2D eigenvalue weighted by Gasteiger charge is 2.22. The van der Waals surface area contributed by atoms with Gasteiger partial charge in [-0.25, -0.2) is 15.8 Å². The lowest BCUT2D eigenvalue weighted by Crippen LogP contribution is -2.16. The second-order valence-electron chi connectivity index (χ2n) is 3.60. The molecule has 0 fully saturated rings.